The first-order valence-corrected chi connectivity index (χ1v) is 13.5. The maximum Gasteiger partial charge on any atom is 0.307 e. The molecule has 5 rings (SSSR count). The normalized spacial score (nSPS) is 15.0. The Bertz CT molecular complexity index is 1500. The van der Waals surface area contributed by atoms with Crippen molar-refractivity contribution < 1.29 is 27.6 Å². The largest absolute Gasteiger partial charge is 0.490 e. The third-order valence-corrected chi connectivity index (χ3v) is 8.40. The molecule has 6 nitrogen and oxygen atoms in total. The predicted octanol–water partition coefficient (Wildman–Crippen LogP) is 5.29. The fraction of sp³-hybridized carbons (Fsp3) is 0.321. The van der Waals surface area contributed by atoms with Gasteiger partial charge < -0.3 is 14.7 Å². The second-order valence-corrected chi connectivity index (χ2v) is 10.9. The van der Waals surface area contributed by atoms with Gasteiger partial charge in [0.1, 0.15) is 35.0 Å². The van der Waals surface area contributed by atoms with E-state index in [2.05, 4.69) is 4.90 Å². The Labute approximate surface area is 217 Å². The van der Waals surface area contributed by atoms with Gasteiger partial charge in [0.2, 0.25) is 0 Å². The summed E-state index contributed by atoms with van der Waals surface area (Å²) < 4.78 is 50.6. The fourth-order valence-corrected chi connectivity index (χ4v) is 6.60. The Morgan fingerprint density at radius 2 is 1.70 bits per heavy atom. The van der Waals surface area contributed by atoms with E-state index in [0.29, 0.717) is 46.7 Å². The summed E-state index contributed by atoms with van der Waals surface area (Å²) in [5.74, 6) is -1.42. The number of nitrogens with zero attached hydrogens (tertiary/aromatic N) is 2. The molecule has 0 radical (unpaired) electrons. The van der Waals surface area contributed by atoms with Crippen LogP contribution < -0.4 is 13.9 Å². The number of ether oxygens (including phenoxy) is 1. The van der Waals surface area contributed by atoms with E-state index in [0.717, 1.165) is 34.7 Å². The number of carboxylic acids is 1. The summed E-state index contributed by atoms with van der Waals surface area (Å²) in [6.45, 7) is 6.71. The predicted molar refractivity (Wildman–Crippen MR) is 142 cm³/mol. The van der Waals surface area contributed by atoms with Gasteiger partial charge in [0.05, 0.1) is 30.9 Å². The van der Waals surface area contributed by atoms with E-state index in [1.807, 2.05) is 26.1 Å². The van der Waals surface area contributed by atoms with Crippen LogP contribution in [0.1, 0.15) is 27.8 Å². The average molecular weight is 527 g/mol. The van der Waals surface area contributed by atoms with Gasteiger partial charge in [0.15, 0.2) is 0 Å². The summed E-state index contributed by atoms with van der Waals surface area (Å²) in [4.78, 5) is 14.2. The molecule has 0 amide bonds. The van der Waals surface area contributed by atoms with E-state index in [-0.39, 0.29) is 24.1 Å². The molecular formula is C28H28F2N2O4S. The highest BCUT2D eigenvalue weighted by molar-refractivity contribution is 7.85. The third-order valence-electron chi connectivity index (χ3n) is 7.47. The molecule has 0 fully saturated rings. The molecule has 194 valence electrons. The number of halogens is 2. The monoisotopic (exact) mass is 526 g/mol. The molecule has 1 atom stereocenters. The average Bonchev–Trinajstić information content (AvgIpc) is 2.84. The number of anilines is 2. The van der Waals surface area contributed by atoms with Crippen molar-refractivity contribution in [3.8, 4) is 28.0 Å². The zero-order chi connectivity index (χ0) is 26.8. The Morgan fingerprint density at radius 1 is 1.00 bits per heavy atom. The first kappa shape index (κ1) is 25.2. The van der Waals surface area contributed by atoms with Crippen molar-refractivity contribution in [2.45, 2.75) is 33.7 Å². The Balaban J connectivity index is 1.93. The summed E-state index contributed by atoms with van der Waals surface area (Å²) >= 11 is 0. The van der Waals surface area contributed by atoms with Gasteiger partial charge in [0.25, 0.3) is 0 Å². The first-order chi connectivity index (χ1) is 17.5. The second-order valence-electron chi connectivity index (χ2n) is 9.60. The molecule has 3 aromatic rings. The number of hydrogen-bond acceptors (Lipinski definition) is 4. The van der Waals surface area contributed by atoms with E-state index < -0.39 is 28.6 Å². The van der Waals surface area contributed by atoms with Gasteiger partial charge in [-0.15, -0.1) is 0 Å². The van der Waals surface area contributed by atoms with Crippen LogP contribution in [0.4, 0.5) is 20.2 Å². The molecule has 1 N–H and O–H groups in total. The van der Waals surface area contributed by atoms with Gasteiger partial charge in [0, 0.05) is 30.0 Å². The lowest BCUT2D eigenvalue weighted by Gasteiger charge is -2.36. The van der Waals surface area contributed by atoms with E-state index in [1.165, 1.54) is 10.6 Å². The molecule has 3 aromatic carbocycles. The molecule has 0 saturated heterocycles. The quantitative estimate of drug-likeness (QED) is 0.500. The number of carboxylic acid groups (broad SMARTS) is 1. The number of carbonyl (C=O) groups is 1. The Morgan fingerprint density at radius 3 is 2.38 bits per heavy atom. The lowest BCUT2D eigenvalue weighted by Crippen LogP contribution is -2.31. The highest BCUT2D eigenvalue weighted by Crippen LogP contribution is 2.51. The Hall–Kier alpha value is -3.46. The minimum absolute atomic E-state index is 0.0822. The van der Waals surface area contributed by atoms with Crippen molar-refractivity contribution in [1.29, 1.82) is 0 Å². The van der Waals surface area contributed by atoms with E-state index >= 15 is 4.39 Å². The van der Waals surface area contributed by atoms with Crippen LogP contribution >= 0.6 is 0 Å². The molecular weight excluding hydrogens is 498 g/mol. The van der Waals surface area contributed by atoms with Crippen LogP contribution in [-0.4, -0.2) is 41.7 Å². The highest BCUT2D eigenvalue weighted by atomic mass is 32.2. The zero-order valence-corrected chi connectivity index (χ0v) is 22.2. The Kier molecular flexibility index (Phi) is 6.22. The number of fused-ring (bicyclic) bond motifs is 4. The fourth-order valence-electron chi connectivity index (χ4n) is 5.80. The lowest BCUT2D eigenvalue weighted by molar-refractivity contribution is -0.136. The first-order valence-electron chi connectivity index (χ1n) is 12.0. The molecule has 0 saturated carbocycles. The molecule has 0 spiro atoms. The van der Waals surface area contributed by atoms with Crippen LogP contribution in [0, 0.1) is 32.4 Å². The number of aliphatic carboxylic acids is 1. The summed E-state index contributed by atoms with van der Waals surface area (Å²) in [7, 11) is 0.413. The number of hydrogen-bond donors (Lipinski definition) is 1. The van der Waals surface area contributed by atoms with E-state index in [4.69, 9.17) is 4.74 Å². The van der Waals surface area contributed by atoms with Crippen LogP contribution in [0.15, 0.2) is 24.3 Å². The summed E-state index contributed by atoms with van der Waals surface area (Å²) in [5, 5.41) is 9.86. The van der Waals surface area contributed by atoms with Crippen LogP contribution in [0.2, 0.25) is 0 Å². The summed E-state index contributed by atoms with van der Waals surface area (Å²) in [5.41, 5.74) is 6.22. The third kappa shape index (κ3) is 3.87. The zero-order valence-electron chi connectivity index (χ0n) is 21.4. The summed E-state index contributed by atoms with van der Waals surface area (Å²) in [6.07, 6.45) is 1.20. The van der Waals surface area contributed by atoms with Crippen LogP contribution in [0.5, 0.6) is 5.75 Å². The van der Waals surface area contributed by atoms with Gasteiger partial charge in [-0.2, -0.15) is 0 Å². The van der Waals surface area contributed by atoms with Crippen molar-refractivity contribution in [3.63, 3.8) is 0 Å². The molecule has 37 heavy (non-hydrogen) atoms. The number of likely N-dealkylation sites (N-methyl/N-ethyl adjacent to an activating group) is 1. The molecule has 2 aliphatic rings. The van der Waals surface area contributed by atoms with Crippen molar-refractivity contribution in [2.24, 2.45) is 0 Å². The number of benzene rings is 3. The van der Waals surface area contributed by atoms with Crippen LogP contribution in [0.3, 0.4) is 0 Å². The number of rotatable bonds is 4. The van der Waals surface area contributed by atoms with Crippen molar-refractivity contribution in [1.82, 2.24) is 0 Å². The maximum absolute atomic E-state index is 15.4. The van der Waals surface area contributed by atoms with E-state index in [1.54, 1.807) is 13.8 Å². The second kappa shape index (κ2) is 9.13. The summed E-state index contributed by atoms with van der Waals surface area (Å²) in [6, 6.07) is 5.95. The van der Waals surface area contributed by atoms with Crippen molar-refractivity contribution in [2.75, 3.05) is 35.7 Å². The van der Waals surface area contributed by atoms with Crippen LogP contribution in [0.25, 0.3) is 22.3 Å². The van der Waals surface area contributed by atoms with Gasteiger partial charge in [-0.05, 0) is 72.4 Å². The van der Waals surface area contributed by atoms with Gasteiger partial charge in [-0.3, -0.25) is 9.10 Å². The standard InChI is InChI=1S/C28H28F2N2O4S/c1-14-17(6-9-22-27(14)31(4)10-11-36-22)24-16(3)25-26-19(20(29)7-8-21(26)30)13-32(37(5)35)28(25)15(2)18(24)12-23(33)34/h6-9H,10-13H2,1-5H3,(H,33,34). The van der Waals surface area contributed by atoms with Crippen LogP contribution in [-0.2, 0) is 28.7 Å². The lowest BCUT2D eigenvalue weighted by atomic mass is 9.79. The molecule has 2 aliphatic heterocycles. The van der Waals surface area contributed by atoms with Gasteiger partial charge >= 0.3 is 5.97 Å². The van der Waals surface area contributed by atoms with Gasteiger partial charge in [-0.25, -0.2) is 13.0 Å². The highest BCUT2D eigenvalue weighted by Gasteiger charge is 2.35. The minimum atomic E-state index is -1.56. The minimum Gasteiger partial charge on any atom is -0.490 e. The molecule has 0 aromatic heterocycles. The SMILES string of the molecule is Cc1c(-c2ccc3c(c2C)N(C)CCO3)c(CC(=O)O)c(C)c2c1-c1c(F)ccc(F)c1CN2S(C)=O. The van der Waals surface area contributed by atoms with Crippen molar-refractivity contribution in [3.05, 3.63) is 63.7 Å². The molecule has 2 heterocycles. The smallest absolute Gasteiger partial charge is 0.307 e. The van der Waals surface area contributed by atoms with Gasteiger partial charge in [-0.1, -0.05) is 6.07 Å². The topological polar surface area (TPSA) is 70.1 Å². The molecule has 1 unspecified atom stereocenters. The van der Waals surface area contributed by atoms with Crippen molar-refractivity contribution >= 4 is 28.3 Å². The molecule has 9 heteroatoms. The molecule has 0 aliphatic carbocycles. The van der Waals surface area contributed by atoms with E-state index in [9.17, 15) is 18.5 Å². The molecule has 0 bridgehead atoms. The maximum atomic E-state index is 15.4.